The molecule has 3 rings (SSSR count). The number of benzene rings is 1. The predicted octanol–water partition coefficient (Wildman–Crippen LogP) is 0.663. The maximum Gasteiger partial charge on any atom is 0.223 e. The van der Waals surface area contributed by atoms with Crippen LogP contribution in [0.25, 0.3) is 0 Å². The molecule has 0 bridgehead atoms. The Morgan fingerprint density at radius 2 is 1.90 bits per heavy atom. The highest BCUT2D eigenvalue weighted by atomic mass is 32.2. The smallest absolute Gasteiger partial charge is 0.223 e. The Labute approximate surface area is 124 Å². The second-order valence-electron chi connectivity index (χ2n) is 5.24. The summed E-state index contributed by atoms with van der Waals surface area (Å²) in [5.41, 5.74) is 1.43. The maximum absolute atomic E-state index is 12.2. The summed E-state index contributed by atoms with van der Waals surface area (Å²) in [6.45, 7) is 4.54. The first-order valence-corrected chi connectivity index (χ1v) is 8.62. The van der Waals surface area contributed by atoms with Crippen LogP contribution in [0.1, 0.15) is 6.92 Å². The monoisotopic (exact) mass is 310 g/mol. The summed E-state index contributed by atoms with van der Waals surface area (Å²) in [4.78, 5) is 15.7. The van der Waals surface area contributed by atoms with Crippen LogP contribution in [-0.2, 0) is 19.4 Å². The molecule has 2 aliphatic heterocycles. The van der Waals surface area contributed by atoms with E-state index in [0.717, 1.165) is 18.8 Å². The first-order chi connectivity index (χ1) is 9.99. The average molecular weight is 310 g/mol. The van der Waals surface area contributed by atoms with Crippen LogP contribution in [0.5, 0.6) is 0 Å². The van der Waals surface area contributed by atoms with E-state index in [4.69, 9.17) is 4.74 Å². The van der Waals surface area contributed by atoms with Gasteiger partial charge in [0.1, 0.15) is 0 Å². The zero-order chi connectivity index (χ0) is 15.0. The van der Waals surface area contributed by atoms with Crippen molar-refractivity contribution in [3.05, 3.63) is 18.2 Å². The topological polar surface area (TPSA) is 66.9 Å². The molecule has 0 aromatic heterocycles. The summed E-state index contributed by atoms with van der Waals surface area (Å²) in [5, 5.41) is 0. The van der Waals surface area contributed by atoms with Crippen molar-refractivity contribution in [1.82, 2.24) is 0 Å². The highest BCUT2D eigenvalue weighted by Gasteiger charge is 2.31. The Bertz CT molecular complexity index is 666. The molecule has 0 N–H and O–H groups in total. The first-order valence-electron chi connectivity index (χ1n) is 6.97. The quantitative estimate of drug-likeness (QED) is 0.762. The van der Waals surface area contributed by atoms with Crippen LogP contribution in [0, 0.1) is 0 Å². The van der Waals surface area contributed by atoms with E-state index in [-0.39, 0.29) is 23.1 Å². The lowest BCUT2D eigenvalue weighted by Gasteiger charge is -2.32. The molecule has 0 unspecified atom stereocenters. The summed E-state index contributed by atoms with van der Waals surface area (Å²) >= 11 is 0. The lowest BCUT2D eigenvalue weighted by atomic mass is 10.2. The van der Waals surface area contributed by atoms with Gasteiger partial charge in [0.2, 0.25) is 5.91 Å². The number of ether oxygens (including phenoxy) is 1. The summed E-state index contributed by atoms with van der Waals surface area (Å²) in [5.74, 6) is -0.151. The Morgan fingerprint density at radius 3 is 2.57 bits per heavy atom. The van der Waals surface area contributed by atoms with Gasteiger partial charge in [0.15, 0.2) is 9.84 Å². The largest absolute Gasteiger partial charge is 0.378 e. The van der Waals surface area contributed by atoms with Gasteiger partial charge in [-0.15, -0.1) is 0 Å². The molecule has 2 aliphatic rings. The standard InChI is InChI=1S/C14H18N2O4S/c1-11(17)16-6-9-21(18,19)14-3-2-12(10-13(14)16)15-4-7-20-8-5-15/h2-3,10H,4-9H2,1H3. The van der Waals surface area contributed by atoms with Gasteiger partial charge < -0.3 is 14.5 Å². The van der Waals surface area contributed by atoms with Gasteiger partial charge in [0, 0.05) is 32.2 Å². The summed E-state index contributed by atoms with van der Waals surface area (Å²) in [6, 6.07) is 5.23. The normalized spacial score (nSPS) is 21.0. The van der Waals surface area contributed by atoms with Crippen molar-refractivity contribution in [2.24, 2.45) is 0 Å². The number of rotatable bonds is 1. The average Bonchev–Trinajstić information content (AvgIpc) is 2.47. The third kappa shape index (κ3) is 2.63. The van der Waals surface area contributed by atoms with E-state index >= 15 is 0 Å². The van der Waals surface area contributed by atoms with E-state index in [9.17, 15) is 13.2 Å². The van der Waals surface area contributed by atoms with Crippen LogP contribution >= 0.6 is 0 Å². The minimum absolute atomic E-state index is 0.0174. The fourth-order valence-electron chi connectivity index (χ4n) is 2.77. The molecule has 6 nitrogen and oxygen atoms in total. The molecule has 0 atom stereocenters. The number of nitrogens with zero attached hydrogens (tertiary/aromatic N) is 2. The molecule has 1 amide bonds. The van der Waals surface area contributed by atoms with E-state index in [2.05, 4.69) is 4.90 Å². The third-order valence-electron chi connectivity index (χ3n) is 3.91. The Morgan fingerprint density at radius 1 is 1.19 bits per heavy atom. The molecule has 114 valence electrons. The molecule has 7 heteroatoms. The van der Waals surface area contributed by atoms with Crippen molar-refractivity contribution in [3.63, 3.8) is 0 Å². The molecule has 0 aliphatic carbocycles. The summed E-state index contributed by atoms with van der Waals surface area (Å²) < 4.78 is 29.6. The van der Waals surface area contributed by atoms with E-state index in [1.807, 2.05) is 6.07 Å². The van der Waals surface area contributed by atoms with Crippen LogP contribution in [0.4, 0.5) is 11.4 Å². The molecular formula is C14H18N2O4S. The van der Waals surface area contributed by atoms with Crippen LogP contribution in [-0.4, -0.2) is 52.9 Å². The van der Waals surface area contributed by atoms with Crippen molar-refractivity contribution in [2.75, 3.05) is 48.4 Å². The molecule has 1 fully saturated rings. The van der Waals surface area contributed by atoms with Crippen molar-refractivity contribution in [1.29, 1.82) is 0 Å². The van der Waals surface area contributed by atoms with E-state index in [1.54, 1.807) is 17.0 Å². The second-order valence-corrected chi connectivity index (χ2v) is 7.32. The molecule has 1 aromatic carbocycles. The molecule has 21 heavy (non-hydrogen) atoms. The fraction of sp³-hybridized carbons (Fsp3) is 0.500. The number of anilines is 2. The highest BCUT2D eigenvalue weighted by Crippen LogP contribution is 2.34. The number of hydrogen-bond donors (Lipinski definition) is 0. The van der Waals surface area contributed by atoms with Gasteiger partial charge in [0.25, 0.3) is 0 Å². The van der Waals surface area contributed by atoms with Crippen LogP contribution < -0.4 is 9.80 Å². The van der Waals surface area contributed by atoms with E-state index < -0.39 is 9.84 Å². The van der Waals surface area contributed by atoms with E-state index in [1.165, 1.54) is 6.92 Å². The van der Waals surface area contributed by atoms with Gasteiger partial charge in [-0.3, -0.25) is 4.79 Å². The second kappa shape index (κ2) is 5.31. The van der Waals surface area contributed by atoms with Crippen molar-refractivity contribution >= 4 is 27.1 Å². The first kappa shape index (κ1) is 14.3. The number of carbonyl (C=O) groups is 1. The minimum atomic E-state index is -3.29. The van der Waals surface area contributed by atoms with Gasteiger partial charge in [-0.05, 0) is 18.2 Å². The van der Waals surface area contributed by atoms with Gasteiger partial charge >= 0.3 is 0 Å². The molecule has 0 radical (unpaired) electrons. The molecule has 0 spiro atoms. The number of fused-ring (bicyclic) bond motifs is 1. The molecule has 1 saturated heterocycles. The van der Waals surface area contributed by atoms with Gasteiger partial charge in [0.05, 0.1) is 29.5 Å². The summed E-state index contributed by atoms with van der Waals surface area (Å²) in [7, 11) is -3.29. The lowest BCUT2D eigenvalue weighted by Crippen LogP contribution is -2.39. The predicted molar refractivity (Wildman–Crippen MR) is 79.6 cm³/mol. The number of amides is 1. The van der Waals surface area contributed by atoms with Gasteiger partial charge in [-0.2, -0.15) is 0 Å². The molecule has 0 saturated carbocycles. The van der Waals surface area contributed by atoms with Gasteiger partial charge in [-0.25, -0.2) is 8.42 Å². The SMILES string of the molecule is CC(=O)N1CCS(=O)(=O)c2ccc(N3CCOCC3)cc21. The van der Waals surface area contributed by atoms with Crippen molar-refractivity contribution < 1.29 is 17.9 Å². The van der Waals surface area contributed by atoms with Crippen molar-refractivity contribution in [2.45, 2.75) is 11.8 Å². The van der Waals surface area contributed by atoms with E-state index in [0.29, 0.717) is 18.9 Å². The van der Waals surface area contributed by atoms with Crippen LogP contribution in [0.15, 0.2) is 23.1 Å². The number of hydrogen-bond acceptors (Lipinski definition) is 5. The molecular weight excluding hydrogens is 292 g/mol. The Hall–Kier alpha value is -1.60. The van der Waals surface area contributed by atoms with Crippen LogP contribution in [0.3, 0.4) is 0 Å². The number of carbonyl (C=O) groups excluding carboxylic acids is 1. The number of morpholine rings is 1. The minimum Gasteiger partial charge on any atom is -0.378 e. The number of sulfone groups is 1. The zero-order valence-corrected chi connectivity index (χ0v) is 12.7. The fourth-order valence-corrected chi connectivity index (χ4v) is 4.17. The third-order valence-corrected chi connectivity index (χ3v) is 5.64. The molecule has 1 aromatic rings. The Kier molecular flexibility index (Phi) is 3.62. The maximum atomic E-state index is 12.2. The van der Waals surface area contributed by atoms with Crippen molar-refractivity contribution in [3.8, 4) is 0 Å². The van der Waals surface area contributed by atoms with Gasteiger partial charge in [-0.1, -0.05) is 0 Å². The summed E-state index contributed by atoms with van der Waals surface area (Å²) in [6.07, 6.45) is 0. The molecule has 2 heterocycles. The van der Waals surface area contributed by atoms with Crippen LogP contribution in [0.2, 0.25) is 0 Å². The lowest BCUT2D eigenvalue weighted by molar-refractivity contribution is -0.116. The zero-order valence-electron chi connectivity index (χ0n) is 11.9. The highest BCUT2D eigenvalue weighted by molar-refractivity contribution is 7.91. The Balaban J connectivity index is 2.05.